The van der Waals surface area contributed by atoms with Crippen molar-refractivity contribution in [1.29, 1.82) is 0 Å². The summed E-state index contributed by atoms with van der Waals surface area (Å²) in [5.74, 6) is -1.55. The van der Waals surface area contributed by atoms with Gasteiger partial charge in [0.1, 0.15) is 11.6 Å². The summed E-state index contributed by atoms with van der Waals surface area (Å²) < 4.78 is 27.5. The second kappa shape index (κ2) is 7.51. The Bertz CT molecular complexity index is 863. The third kappa shape index (κ3) is 3.66. The zero-order chi connectivity index (χ0) is 18.1. The highest BCUT2D eigenvalue weighted by molar-refractivity contribution is 5.90. The van der Waals surface area contributed by atoms with Crippen LogP contribution in [0.15, 0.2) is 41.4 Å². The predicted molar refractivity (Wildman–Crippen MR) is 98.6 cm³/mol. The van der Waals surface area contributed by atoms with Gasteiger partial charge >= 0.3 is 6.03 Å². The number of aliphatic imine (C=N–C) groups is 1. The van der Waals surface area contributed by atoms with Crippen LogP contribution < -0.4 is 11.5 Å². The fourth-order valence-corrected chi connectivity index (χ4v) is 3.21. The van der Waals surface area contributed by atoms with Crippen LogP contribution in [0.4, 0.5) is 13.6 Å². The molecule has 2 aromatic carbocycles. The van der Waals surface area contributed by atoms with Gasteiger partial charge in [0.2, 0.25) is 0 Å². The molecule has 1 atom stereocenters. The third-order valence-electron chi connectivity index (χ3n) is 4.30. The molecule has 0 radical (unpaired) electrons. The molecule has 26 heavy (non-hydrogen) atoms. The second-order valence-electron chi connectivity index (χ2n) is 6.10. The van der Waals surface area contributed by atoms with Gasteiger partial charge in [0, 0.05) is 24.7 Å². The molecule has 0 bridgehead atoms. The molecule has 1 unspecified atom stereocenters. The molecule has 3 rings (SSSR count). The summed E-state index contributed by atoms with van der Waals surface area (Å²) in [6, 6.07) is 8.48. The van der Waals surface area contributed by atoms with Crippen molar-refractivity contribution in [3.8, 4) is 11.1 Å². The second-order valence-corrected chi connectivity index (χ2v) is 6.10. The van der Waals surface area contributed by atoms with Crippen molar-refractivity contribution in [3.05, 3.63) is 59.2 Å². The first-order valence-corrected chi connectivity index (χ1v) is 7.82. The van der Waals surface area contributed by atoms with E-state index in [0.29, 0.717) is 17.7 Å². The zero-order valence-electron chi connectivity index (χ0n) is 13.7. The Morgan fingerprint density at radius 3 is 2.58 bits per heavy atom. The van der Waals surface area contributed by atoms with Crippen molar-refractivity contribution in [3.63, 3.8) is 0 Å². The van der Waals surface area contributed by atoms with Gasteiger partial charge in [-0.25, -0.2) is 13.6 Å². The molecule has 5 nitrogen and oxygen atoms in total. The molecule has 2 amide bonds. The maximum Gasteiger partial charge on any atom is 0.347 e. The summed E-state index contributed by atoms with van der Waals surface area (Å²) in [5.41, 5.74) is 13.3. The molecule has 1 aliphatic heterocycles. The van der Waals surface area contributed by atoms with E-state index >= 15 is 0 Å². The number of carbonyl (C=O) groups excluding carboxylic acids is 1. The van der Waals surface area contributed by atoms with Crippen LogP contribution in [0, 0.1) is 11.6 Å². The lowest BCUT2D eigenvalue weighted by Crippen LogP contribution is -2.38. The Labute approximate surface area is 151 Å². The minimum absolute atomic E-state index is 0. The summed E-state index contributed by atoms with van der Waals surface area (Å²) in [7, 11) is 0. The first kappa shape index (κ1) is 19.4. The molecule has 138 valence electrons. The average Bonchev–Trinajstić information content (AvgIpc) is 2.54. The van der Waals surface area contributed by atoms with Gasteiger partial charge in [0.15, 0.2) is 5.96 Å². The molecule has 0 aromatic heterocycles. The third-order valence-corrected chi connectivity index (χ3v) is 4.30. The Kier molecular flexibility index (Phi) is 5.59. The molecular formula is C19H22F2N4O. The number of amides is 2. The van der Waals surface area contributed by atoms with Crippen molar-refractivity contribution < 1.29 is 13.6 Å². The Hall–Kier alpha value is -2.96. The van der Waals surface area contributed by atoms with E-state index in [-0.39, 0.29) is 25.8 Å². The number of fused-ring (bicyclic) bond motifs is 1. The van der Waals surface area contributed by atoms with Gasteiger partial charge in [0.25, 0.3) is 0 Å². The van der Waals surface area contributed by atoms with Crippen LogP contribution >= 0.6 is 0 Å². The van der Waals surface area contributed by atoms with Gasteiger partial charge in [-0.2, -0.15) is 4.99 Å². The fraction of sp³-hybridized carbons (Fsp3) is 0.263. The van der Waals surface area contributed by atoms with Crippen LogP contribution in [0.3, 0.4) is 0 Å². The molecule has 0 fully saturated rings. The van der Waals surface area contributed by atoms with Crippen LogP contribution in [0.5, 0.6) is 0 Å². The van der Waals surface area contributed by atoms with E-state index < -0.39 is 17.7 Å². The van der Waals surface area contributed by atoms with Crippen LogP contribution in [-0.4, -0.2) is 23.4 Å². The molecule has 0 spiro atoms. The number of nitrogens with zero attached hydrogens (tertiary/aromatic N) is 2. The highest BCUT2D eigenvalue weighted by Gasteiger charge is 2.28. The van der Waals surface area contributed by atoms with E-state index in [0.717, 1.165) is 17.2 Å². The van der Waals surface area contributed by atoms with Crippen LogP contribution in [0.2, 0.25) is 0 Å². The first-order valence-electron chi connectivity index (χ1n) is 7.82. The highest BCUT2D eigenvalue weighted by Crippen LogP contribution is 2.36. The average molecular weight is 360 g/mol. The van der Waals surface area contributed by atoms with Gasteiger partial charge in [-0.15, -0.1) is 0 Å². The summed E-state index contributed by atoms with van der Waals surface area (Å²) in [5, 5.41) is 0. The molecule has 0 saturated carbocycles. The van der Waals surface area contributed by atoms with Crippen LogP contribution in [-0.2, 0) is 6.54 Å². The summed E-state index contributed by atoms with van der Waals surface area (Å²) in [4.78, 5) is 17.3. The minimum atomic E-state index is -0.645. The molecule has 0 saturated heterocycles. The molecule has 7 heteroatoms. The van der Waals surface area contributed by atoms with Crippen LogP contribution in [0.25, 0.3) is 11.1 Å². The maximum atomic E-state index is 14.3. The number of halogens is 2. The normalized spacial score (nSPS) is 15.7. The monoisotopic (exact) mass is 360 g/mol. The number of carbonyl (C=O) groups is 1. The number of rotatable bonds is 1. The topological polar surface area (TPSA) is 84.7 Å². The molecule has 0 aliphatic carbocycles. The number of guanidine groups is 1. The Balaban J connectivity index is 0.00000243. The fourth-order valence-electron chi connectivity index (χ4n) is 3.21. The van der Waals surface area contributed by atoms with Gasteiger partial charge in [0.05, 0.1) is 0 Å². The zero-order valence-corrected chi connectivity index (χ0v) is 13.7. The molecule has 2 aromatic rings. The molecule has 4 N–H and O–H groups in total. The van der Waals surface area contributed by atoms with Crippen molar-refractivity contribution in [2.75, 3.05) is 6.54 Å². The van der Waals surface area contributed by atoms with Gasteiger partial charge in [-0.1, -0.05) is 32.5 Å². The maximum absolute atomic E-state index is 14.3. The van der Waals surface area contributed by atoms with Gasteiger partial charge in [-0.3, -0.25) is 0 Å². The van der Waals surface area contributed by atoms with Crippen molar-refractivity contribution in [1.82, 2.24) is 4.90 Å². The van der Waals surface area contributed by atoms with E-state index in [9.17, 15) is 13.6 Å². The SMILES string of the molecule is C.CC1CN(C(=O)N=C(N)N)Cc2c(-c3ccc(F)cc3F)cccc21. The van der Waals surface area contributed by atoms with E-state index in [4.69, 9.17) is 11.5 Å². The molecule has 1 aliphatic rings. The predicted octanol–water partition coefficient (Wildman–Crippen LogP) is 3.58. The highest BCUT2D eigenvalue weighted by atomic mass is 19.1. The number of hydrogen-bond donors (Lipinski definition) is 2. The van der Waals surface area contributed by atoms with Crippen molar-refractivity contribution in [2.24, 2.45) is 16.5 Å². The standard InChI is InChI=1S/C18H18F2N4O.CH4/c1-10-8-24(18(25)23-17(21)22)9-15-12(10)3-2-4-13(15)14-6-5-11(19)7-16(14)20;/h2-7,10H,8-9H2,1H3,(H4,21,22,23,25);1H4. The molecule has 1 heterocycles. The molecular weight excluding hydrogens is 338 g/mol. The van der Waals surface area contributed by atoms with E-state index in [1.54, 1.807) is 6.07 Å². The van der Waals surface area contributed by atoms with E-state index in [2.05, 4.69) is 4.99 Å². The van der Waals surface area contributed by atoms with Gasteiger partial charge < -0.3 is 16.4 Å². The van der Waals surface area contributed by atoms with E-state index in [1.807, 2.05) is 19.1 Å². The van der Waals surface area contributed by atoms with E-state index in [1.165, 1.54) is 17.0 Å². The minimum Gasteiger partial charge on any atom is -0.370 e. The number of benzene rings is 2. The number of hydrogen-bond acceptors (Lipinski definition) is 1. The van der Waals surface area contributed by atoms with Crippen molar-refractivity contribution >= 4 is 12.0 Å². The Morgan fingerprint density at radius 2 is 1.92 bits per heavy atom. The number of urea groups is 1. The lowest BCUT2D eigenvalue weighted by Gasteiger charge is -2.33. The summed E-state index contributed by atoms with van der Waals surface area (Å²) >= 11 is 0. The first-order chi connectivity index (χ1) is 11.9. The summed E-state index contributed by atoms with van der Waals surface area (Å²) in [6.45, 7) is 2.68. The van der Waals surface area contributed by atoms with Gasteiger partial charge in [-0.05, 0) is 34.7 Å². The van der Waals surface area contributed by atoms with Crippen molar-refractivity contribution in [2.45, 2.75) is 26.8 Å². The Morgan fingerprint density at radius 1 is 1.19 bits per heavy atom. The lowest BCUT2D eigenvalue weighted by molar-refractivity contribution is 0.197. The van der Waals surface area contributed by atoms with Crippen LogP contribution in [0.1, 0.15) is 31.4 Å². The largest absolute Gasteiger partial charge is 0.370 e. The quantitative estimate of drug-likeness (QED) is 0.602. The summed E-state index contributed by atoms with van der Waals surface area (Å²) in [6.07, 6.45) is 0. The number of nitrogens with two attached hydrogens (primary N) is 2. The lowest BCUT2D eigenvalue weighted by atomic mass is 9.86. The smallest absolute Gasteiger partial charge is 0.347 e.